The Morgan fingerprint density at radius 1 is 1.47 bits per heavy atom. The van der Waals surface area contributed by atoms with Gasteiger partial charge in [0.25, 0.3) is 5.91 Å². The van der Waals surface area contributed by atoms with E-state index in [0.717, 1.165) is 6.54 Å². The predicted molar refractivity (Wildman–Crippen MR) is 67.6 cm³/mol. The molecule has 4 heteroatoms. The van der Waals surface area contributed by atoms with E-state index in [9.17, 15) is 4.79 Å². The molecule has 0 aromatic carbocycles. The number of nitrogen functional groups attached to an aromatic ring is 1. The van der Waals surface area contributed by atoms with Crippen molar-refractivity contribution in [3.63, 3.8) is 0 Å². The molecule has 3 N–H and O–H groups in total. The molecule has 0 spiro atoms. The van der Waals surface area contributed by atoms with Gasteiger partial charge in [-0.25, -0.2) is 4.98 Å². The van der Waals surface area contributed by atoms with Gasteiger partial charge in [-0.2, -0.15) is 0 Å². The number of hydrogen-bond acceptors (Lipinski definition) is 3. The average Bonchev–Trinajstić information content (AvgIpc) is 2.75. The quantitative estimate of drug-likeness (QED) is 0.838. The van der Waals surface area contributed by atoms with Gasteiger partial charge in [0.05, 0.1) is 5.56 Å². The highest BCUT2D eigenvalue weighted by molar-refractivity contribution is 5.94. The Morgan fingerprint density at radius 2 is 2.18 bits per heavy atom. The van der Waals surface area contributed by atoms with E-state index in [1.165, 1.54) is 31.9 Å². The molecule has 92 valence electrons. The molecule has 1 saturated carbocycles. The summed E-state index contributed by atoms with van der Waals surface area (Å²) in [5.74, 6) is 0.370. The first-order valence-corrected chi connectivity index (χ1v) is 6.09. The van der Waals surface area contributed by atoms with Crippen molar-refractivity contribution < 1.29 is 4.79 Å². The summed E-state index contributed by atoms with van der Waals surface area (Å²) in [5.41, 5.74) is 6.32. The number of pyridine rings is 1. The maximum atomic E-state index is 11.9. The number of aromatic nitrogens is 1. The highest BCUT2D eigenvalue weighted by atomic mass is 16.1. The van der Waals surface area contributed by atoms with E-state index in [1.54, 1.807) is 12.1 Å². The second kappa shape index (κ2) is 4.73. The summed E-state index contributed by atoms with van der Waals surface area (Å²) in [6, 6.07) is 3.35. The molecule has 2 rings (SSSR count). The topological polar surface area (TPSA) is 68.0 Å². The van der Waals surface area contributed by atoms with Gasteiger partial charge < -0.3 is 11.1 Å². The summed E-state index contributed by atoms with van der Waals surface area (Å²) in [6.07, 6.45) is 6.47. The molecule has 1 aromatic heterocycles. The van der Waals surface area contributed by atoms with Gasteiger partial charge in [0, 0.05) is 12.7 Å². The Morgan fingerprint density at radius 3 is 2.76 bits per heavy atom. The van der Waals surface area contributed by atoms with Gasteiger partial charge in [-0.1, -0.05) is 19.8 Å². The van der Waals surface area contributed by atoms with E-state index in [-0.39, 0.29) is 11.3 Å². The molecule has 0 atom stereocenters. The van der Waals surface area contributed by atoms with Crippen molar-refractivity contribution in [1.82, 2.24) is 10.3 Å². The maximum Gasteiger partial charge on any atom is 0.252 e. The number of rotatable bonds is 3. The smallest absolute Gasteiger partial charge is 0.252 e. The van der Waals surface area contributed by atoms with Crippen molar-refractivity contribution in [1.29, 1.82) is 0 Å². The summed E-state index contributed by atoms with van der Waals surface area (Å²) in [7, 11) is 0. The van der Waals surface area contributed by atoms with Gasteiger partial charge in [0.2, 0.25) is 0 Å². The number of nitrogens with zero attached hydrogens (tertiary/aromatic N) is 1. The standard InChI is InChI=1S/C13H19N3O/c1-13(6-2-3-7-13)9-16-12(17)10-4-5-11(14)15-8-10/h4-5,8H,2-3,6-7,9H2,1H3,(H2,14,15)(H,16,17). The van der Waals surface area contributed by atoms with E-state index in [0.29, 0.717) is 11.4 Å². The molecule has 0 unspecified atom stereocenters. The first-order valence-electron chi connectivity index (χ1n) is 6.09. The largest absolute Gasteiger partial charge is 0.384 e. The highest BCUT2D eigenvalue weighted by Crippen LogP contribution is 2.36. The molecule has 1 aromatic rings. The van der Waals surface area contributed by atoms with Crippen LogP contribution >= 0.6 is 0 Å². The van der Waals surface area contributed by atoms with E-state index in [4.69, 9.17) is 5.73 Å². The Kier molecular flexibility index (Phi) is 3.31. The minimum Gasteiger partial charge on any atom is -0.384 e. The number of anilines is 1. The third-order valence-electron chi connectivity index (χ3n) is 3.53. The van der Waals surface area contributed by atoms with Crippen LogP contribution < -0.4 is 11.1 Å². The van der Waals surface area contributed by atoms with E-state index >= 15 is 0 Å². The minimum atomic E-state index is -0.0642. The van der Waals surface area contributed by atoms with Crippen LogP contribution in [0.2, 0.25) is 0 Å². The van der Waals surface area contributed by atoms with Crippen molar-refractivity contribution in [2.75, 3.05) is 12.3 Å². The highest BCUT2D eigenvalue weighted by Gasteiger charge is 2.28. The van der Waals surface area contributed by atoms with Crippen LogP contribution in [0.25, 0.3) is 0 Å². The van der Waals surface area contributed by atoms with Crippen LogP contribution in [-0.4, -0.2) is 17.4 Å². The average molecular weight is 233 g/mol. The molecule has 0 radical (unpaired) electrons. The van der Waals surface area contributed by atoms with Crippen molar-refractivity contribution in [3.8, 4) is 0 Å². The Hall–Kier alpha value is -1.58. The third-order valence-corrected chi connectivity index (χ3v) is 3.53. The molecule has 1 aliphatic carbocycles. The van der Waals surface area contributed by atoms with Gasteiger partial charge in [0.15, 0.2) is 0 Å². The van der Waals surface area contributed by atoms with Crippen LogP contribution in [-0.2, 0) is 0 Å². The molecule has 1 amide bonds. The van der Waals surface area contributed by atoms with E-state index < -0.39 is 0 Å². The first-order chi connectivity index (χ1) is 8.09. The SMILES string of the molecule is CC1(CNC(=O)c2ccc(N)nc2)CCCC1. The van der Waals surface area contributed by atoms with Crippen molar-refractivity contribution in [2.24, 2.45) is 5.41 Å². The fraction of sp³-hybridized carbons (Fsp3) is 0.538. The minimum absolute atomic E-state index is 0.0642. The molecule has 0 aliphatic heterocycles. The lowest BCUT2D eigenvalue weighted by atomic mass is 9.89. The van der Waals surface area contributed by atoms with Gasteiger partial charge in [-0.3, -0.25) is 4.79 Å². The molecular weight excluding hydrogens is 214 g/mol. The number of carbonyl (C=O) groups is 1. The number of carbonyl (C=O) groups excluding carboxylic acids is 1. The first kappa shape index (κ1) is 11.9. The zero-order chi connectivity index (χ0) is 12.3. The van der Waals surface area contributed by atoms with E-state index in [2.05, 4.69) is 17.2 Å². The Bertz CT molecular complexity index is 394. The number of hydrogen-bond donors (Lipinski definition) is 2. The second-order valence-electron chi connectivity index (χ2n) is 5.17. The van der Waals surface area contributed by atoms with Crippen LogP contribution in [0.15, 0.2) is 18.3 Å². The van der Waals surface area contributed by atoms with Crippen molar-refractivity contribution >= 4 is 11.7 Å². The molecular formula is C13H19N3O. The molecule has 1 fully saturated rings. The number of nitrogens with two attached hydrogens (primary N) is 1. The van der Waals surface area contributed by atoms with Gasteiger partial charge in [-0.05, 0) is 30.4 Å². The molecule has 1 aliphatic rings. The normalized spacial score (nSPS) is 17.9. The monoisotopic (exact) mass is 233 g/mol. The molecule has 0 saturated heterocycles. The van der Waals surface area contributed by atoms with Crippen LogP contribution in [0.4, 0.5) is 5.82 Å². The molecule has 17 heavy (non-hydrogen) atoms. The number of nitrogens with one attached hydrogen (secondary N) is 1. The Labute approximate surface area is 102 Å². The summed E-state index contributed by atoms with van der Waals surface area (Å²) in [4.78, 5) is 15.8. The fourth-order valence-corrected chi connectivity index (χ4v) is 2.34. The van der Waals surface area contributed by atoms with Crippen LogP contribution in [0.3, 0.4) is 0 Å². The molecule has 4 nitrogen and oxygen atoms in total. The van der Waals surface area contributed by atoms with Crippen LogP contribution in [0, 0.1) is 5.41 Å². The van der Waals surface area contributed by atoms with E-state index in [1.807, 2.05) is 0 Å². The summed E-state index contributed by atoms with van der Waals surface area (Å²) < 4.78 is 0. The lowest BCUT2D eigenvalue weighted by Crippen LogP contribution is -2.34. The zero-order valence-corrected chi connectivity index (χ0v) is 10.2. The maximum absolute atomic E-state index is 11.9. The lowest BCUT2D eigenvalue weighted by Gasteiger charge is -2.23. The predicted octanol–water partition coefficient (Wildman–Crippen LogP) is 1.97. The van der Waals surface area contributed by atoms with Crippen LogP contribution in [0.1, 0.15) is 43.0 Å². The number of amides is 1. The van der Waals surface area contributed by atoms with Gasteiger partial charge >= 0.3 is 0 Å². The fourth-order valence-electron chi connectivity index (χ4n) is 2.34. The third kappa shape index (κ3) is 2.96. The molecule has 1 heterocycles. The summed E-state index contributed by atoms with van der Waals surface area (Å²) >= 11 is 0. The molecule has 0 bridgehead atoms. The second-order valence-corrected chi connectivity index (χ2v) is 5.17. The van der Waals surface area contributed by atoms with Gasteiger partial charge in [-0.15, -0.1) is 0 Å². The van der Waals surface area contributed by atoms with Crippen molar-refractivity contribution in [2.45, 2.75) is 32.6 Å². The summed E-state index contributed by atoms with van der Waals surface area (Å²) in [5, 5.41) is 2.98. The van der Waals surface area contributed by atoms with Crippen LogP contribution in [0.5, 0.6) is 0 Å². The lowest BCUT2D eigenvalue weighted by molar-refractivity contribution is 0.0934. The summed E-state index contributed by atoms with van der Waals surface area (Å²) in [6.45, 7) is 2.98. The zero-order valence-electron chi connectivity index (χ0n) is 10.2. The van der Waals surface area contributed by atoms with Crippen molar-refractivity contribution in [3.05, 3.63) is 23.9 Å². The van der Waals surface area contributed by atoms with Gasteiger partial charge in [0.1, 0.15) is 5.82 Å². The Balaban J connectivity index is 1.91.